The van der Waals surface area contributed by atoms with Crippen molar-refractivity contribution >= 4 is 29.1 Å². The Labute approximate surface area is 187 Å². The number of rotatable bonds is 6. The van der Waals surface area contributed by atoms with Crippen LogP contribution >= 0.6 is 0 Å². The van der Waals surface area contributed by atoms with Crippen LogP contribution in [0.2, 0.25) is 0 Å². The largest absolute Gasteiger partial charge is 0.507 e. The molecule has 0 bridgehead atoms. The highest BCUT2D eigenvalue weighted by Crippen LogP contribution is 2.41. The molecule has 0 aliphatic carbocycles. The lowest BCUT2D eigenvalue weighted by Gasteiger charge is -2.23. The van der Waals surface area contributed by atoms with E-state index in [1.807, 2.05) is 6.92 Å². The number of hydrogen-bond donors (Lipinski definition) is 1. The first kappa shape index (κ1) is 21.6. The number of aromatic nitrogens is 2. The quantitative estimate of drug-likeness (QED) is 0.200. The minimum atomic E-state index is -1.17. The maximum absolute atomic E-state index is 13.1. The fourth-order valence-corrected chi connectivity index (χ4v) is 3.61. The molecule has 2 aromatic carbocycles. The van der Waals surface area contributed by atoms with Crippen molar-refractivity contribution < 1.29 is 24.4 Å². The first-order valence-electron chi connectivity index (χ1n) is 9.98. The van der Waals surface area contributed by atoms with Crippen LogP contribution in [0, 0.1) is 10.1 Å². The van der Waals surface area contributed by atoms with Gasteiger partial charge in [0.15, 0.2) is 0 Å². The number of nitro benzene ring substituents is 1. The lowest BCUT2D eigenvalue weighted by atomic mass is 9.95. The molecule has 4 rings (SSSR count). The second-order valence-corrected chi connectivity index (χ2v) is 7.03. The fourth-order valence-electron chi connectivity index (χ4n) is 3.61. The molecule has 0 radical (unpaired) electrons. The van der Waals surface area contributed by atoms with E-state index >= 15 is 0 Å². The Morgan fingerprint density at radius 3 is 2.45 bits per heavy atom. The summed E-state index contributed by atoms with van der Waals surface area (Å²) in [6.45, 7) is 2.29. The highest BCUT2D eigenvalue weighted by Gasteiger charge is 2.48. The molecule has 2 heterocycles. The van der Waals surface area contributed by atoms with E-state index in [1.54, 1.807) is 30.3 Å². The van der Waals surface area contributed by atoms with Crippen molar-refractivity contribution in [2.45, 2.75) is 13.0 Å². The van der Waals surface area contributed by atoms with Crippen LogP contribution in [-0.2, 0) is 9.59 Å². The van der Waals surface area contributed by atoms with Gasteiger partial charge in [-0.25, -0.2) is 9.97 Å². The molecule has 0 spiro atoms. The summed E-state index contributed by atoms with van der Waals surface area (Å²) in [5.74, 6) is -1.83. The number of aliphatic hydroxyl groups is 1. The lowest BCUT2D eigenvalue weighted by molar-refractivity contribution is -0.384. The standard InChI is InChI=1S/C23H18N4O6/c1-2-33-17-9-7-14(8-10-17)20(28)18-19(15-5-3-6-16(13-15)27(31)32)26(22(30)21(18)29)23-24-11-4-12-25-23/h3-13,19,28H,2H2,1H3. The van der Waals surface area contributed by atoms with Gasteiger partial charge < -0.3 is 9.84 Å². The molecule has 1 fully saturated rings. The number of aliphatic hydroxyl groups excluding tert-OH is 1. The Bertz CT molecular complexity index is 1260. The molecular weight excluding hydrogens is 428 g/mol. The van der Waals surface area contributed by atoms with Crippen LogP contribution in [-0.4, -0.2) is 38.3 Å². The number of carbonyl (C=O) groups is 2. The van der Waals surface area contributed by atoms with Gasteiger partial charge >= 0.3 is 5.91 Å². The van der Waals surface area contributed by atoms with E-state index in [4.69, 9.17) is 4.74 Å². The Hall–Kier alpha value is -4.60. The number of carbonyl (C=O) groups excluding carboxylic acids is 2. The molecule has 3 aromatic rings. The summed E-state index contributed by atoms with van der Waals surface area (Å²) in [6, 6.07) is 12.2. The monoisotopic (exact) mass is 446 g/mol. The number of ketones is 1. The van der Waals surface area contributed by atoms with Gasteiger partial charge in [0.1, 0.15) is 11.5 Å². The molecule has 1 unspecified atom stereocenters. The van der Waals surface area contributed by atoms with Gasteiger partial charge in [0.05, 0.1) is 23.1 Å². The molecule has 1 aliphatic heterocycles. The third-order valence-electron chi connectivity index (χ3n) is 5.05. The topological polar surface area (TPSA) is 136 Å². The number of ether oxygens (including phenoxy) is 1. The van der Waals surface area contributed by atoms with Crippen LogP contribution in [0.15, 0.2) is 72.6 Å². The molecule has 10 heteroatoms. The molecule has 166 valence electrons. The molecule has 0 saturated carbocycles. The minimum Gasteiger partial charge on any atom is -0.507 e. The maximum Gasteiger partial charge on any atom is 0.302 e. The molecule has 33 heavy (non-hydrogen) atoms. The van der Waals surface area contributed by atoms with E-state index in [1.165, 1.54) is 36.7 Å². The summed E-state index contributed by atoms with van der Waals surface area (Å²) in [5, 5.41) is 22.4. The van der Waals surface area contributed by atoms with Crippen LogP contribution in [0.3, 0.4) is 0 Å². The van der Waals surface area contributed by atoms with Crippen LogP contribution in [0.1, 0.15) is 24.1 Å². The highest BCUT2D eigenvalue weighted by molar-refractivity contribution is 6.51. The second-order valence-electron chi connectivity index (χ2n) is 7.03. The van der Waals surface area contributed by atoms with E-state index < -0.39 is 28.4 Å². The van der Waals surface area contributed by atoms with E-state index in [0.29, 0.717) is 12.4 Å². The molecule has 1 saturated heterocycles. The van der Waals surface area contributed by atoms with Crippen LogP contribution < -0.4 is 9.64 Å². The van der Waals surface area contributed by atoms with Gasteiger partial charge in [-0.3, -0.25) is 24.6 Å². The molecule has 10 nitrogen and oxygen atoms in total. The van der Waals surface area contributed by atoms with Crippen molar-refractivity contribution in [1.29, 1.82) is 0 Å². The van der Waals surface area contributed by atoms with Crippen LogP contribution in [0.4, 0.5) is 11.6 Å². The first-order valence-corrected chi connectivity index (χ1v) is 9.98. The third-order valence-corrected chi connectivity index (χ3v) is 5.05. The predicted octanol–water partition coefficient (Wildman–Crippen LogP) is 3.41. The number of Topliss-reactive ketones (excluding diaryl/α,β-unsaturated/α-hetero) is 1. The van der Waals surface area contributed by atoms with Crippen LogP contribution in [0.5, 0.6) is 5.75 Å². The number of nitrogens with zero attached hydrogens (tertiary/aromatic N) is 4. The van der Waals surface area contributed by atoms with Crippen LogP contribution in [0.25, 0.3) is 5.76 Å². The SMILES string of the molecule is CCOc1ccc(C(O)=C2C(=O)C(=O)N(c3ncccn3)C2c2cccc([N+](=O)[O-])c2)cc1. The van der Waals surface area contributed by atoms with Crippen molar-refractivity contribution in [3.05, 3.63) is 93.8 Å². The second kappa shape index (κ2) is 8.87. The van der Waals surface area contributed by atoms with Gasteiger partial charge in [-0.05, 0) is 42.8 Å². The number of non-ortho nitro benzene ring substituents is 1. The number of anilines is 1. The molecule has 1 amide bonds. The normalized spacial score (nSPS) is 17.2. The van der Waals surface area contributed by atoms with E-state index in [9.17, 15) is 24.8 Å². The van der Waals surface area contributed by atoms with Gasteiger partial charge in [-0.15, -0.1) is 0 Å². The van der Waals surface area contributed by atoms with Gasteiger partial charge in [-0.2, -0.15) is 0 Å². The summed E-state index contributed by atoms with van der Waals surface area (Å²) in [6.07, 6.45) is 2.80. The average Bonchev–Trinajstić information content (AvgIpc) is 3.10. The number of nitro groups is 1. The van der Waals surface area contributed by atoms with Crippen molar-refractivity contribution in [3.8, 4) is 5.75 Å². The Morgan fingerprint density at radius 2 is 1.82 bits per heavy atom. The Morgan fingerprint density at radius 1 is 1.12 bits per heavy atom. The van der Waals surface area contributed by atoms with Crippen molar-refractivity contribution in [1.82, 2.24) is 9.97 Å². The number of hydrogen-bond acceptors (Lipinski definition) is 8. The van der Waals surface area contributed by atoms with Gasteiger partial charge in [0, 0.05) is 30.1 Å². The van der Waals surface area contributed by atoms with Crippen molar-refractivity contribution in [2.75, 3.05) is 11.5 Å². The molecule has 1 aliphatic rings. The van der Waals surface area contributed by atoms with Gasteiger partial charge in [0.2, 0.25) is 5.95 Å². The summed E-state index contributed by atoms with van der Waals surface area (Å²) in [5.41, 5.74) is 0.0782. The fraction of sp³-hybridized carbons (Fsp3) is 0.130. The maximum atomic E-state index is 13.1. The predicted molar refractivity (Wildman–Crippen MR) is 118 cm³/mol. The van der Waals surface area contributed by atoms with E-state index in [-0.39, 0.29) is 28.3 Å². The highest BCUT2D eigenvalue weighted by atomic mass is 16.6. The van der Waals surface area contributed by atoms with Gasteiger partial charge in [-0.1, -0.05) is 12.1 Å². The van der Waals surface area contributed by atoms with Gasteiger partial charge in [0.25, 0.3) is 11.5 Å². The van der Waals surface area contributed by atoms with E-state index in [2.05, 4.69) is 9.97 Å². The third kappa shape index (κ3) is 4.01. The molecule has 1 atom stereocenters. The smallest absolute Gasteiger partial charge is 0.302 e. The zero-order valence-electron chi connectivity index (χ0n) is 17.4. The zero-order valence-corrected chi connectivity index (χ0v) is 17.4. The minimum absolute atomic E-state index is 0.0677. The summed E-state index contributed by atoms with van der Waals surface area (Å²) in [4.78, 5) is 46.0. The number of amides is 1. The van der Waals surface area contributed by atoms with E-state index in [0.717, 1.165) is 4.90 Å². The number of benzene rings is 2. The Balaban J connectivity index is 1.91. The molecular formula is C23H18N4O6. The zero-order chi connectivity index (χ0) is 23.5. The summed E-state index contributed by atoms with van der Waals surface area (Å²) < 4.78 is 5.40. The first-order chi connectivity index (χ1) is 15.9. The average molecular weight is 446 g/mol. The lowest BCUT2D eigenvalue weighted by Crippen LogP contribution is -2.31. The van der Waals surface area contributed by atoms with Crippen molar-refractivity contribution in [2.24, 2.45) is 0 Å². The summed E-state index contributed by atoms with van der Waals surface area (Å²) in [7, 11) is 0. The van der Waals surface area contributed by atoms with Crippen molar-refractivity contribution in [3.63, 3.8) is 0 Å². The summed E-state index contributed by atoms with van der Waals surface area (Å²) >= 11 is 0. The molecule has 1 aromatic heterocycles. The Kier molecular flexibility index (Phi) is 5.81. The molecule has 1 N–H and O–H groups in total.